The minimum atomic E-state index is -5.17. The van der Waals surface area contributed by atoms with Crippen molar-refractivity contribution >= 4 is 37.3 Å². The number of benzene rings is 2. The second kappa shape index (κ2) is 11.1. The lowest BCUT2D eigenvalue weighted by Crippen LogP contribution is -2.43. The fraction of sp³-hybridized carbons (Fsp3) is 0.433. The third-order valence-corrected chi connectivity index (χ3v) is 9.99. The van der Waals surface area contributed by atoms with Gasteiger partial charge in [-0.2, -0.15) is 28.4 Å². The molecule has 2 aromatic heterocycles. The molecule has 3 aliphatic rings. The van der Waals surface area contributed by atoms with E-state index in [1.807, 2.05) is 4.90 Å². The largest absolute Gasteiger partial charge is 0.469 e. The number of hydrogen-bond acceptors (Lipinski definition) is 9. The predicted molar refractivity (Wildman–Crippen MR) is 155 cm³/mol. The lowest BCUT2D eigenvalue weighted by Gasteiger charge is -2.30. The van der Waals surface area contributed by atoms with E-state index in [0.717, 1.165) is 18.6 Å². The van der Waals surface area contributed by atoms with Crippen molar-refractivity contribution in [2.24, 2.45) is 0 Å². The van der Waals surface area contributed by atoms with Gasteiger partial charge < -0.3 is 20.5 Å². The Kier molecular flexibility index (Phi) is 7.41. The molecule has 3 N–H and O–H groups in total. The Morgan fingerprint density at radius 2 is 2.00 bits per heavy atom. The van der Waals surface area contributed by atoms with Crippen LogP contribution < -0.4 is 20.5 Å². The maximum absolute atomic E-state index is 16.7. The van der Waals surface area contributed by atoms with Crippen molar-refractivity contribution in [3.8, 4) is 29.1 Å². The first-order valence-electron chi connectivity index (χ1n) is 14.5. The first-order chi connectivity index (χ1) is 21.9. The molecular weight excluding hydrogens is 641 g/mol. The van der Waals surface area contributed by atoms with Crippen molar-refractivity contribution in [2.45, 2.75) is 49.4 Å². The Morgan fingerprint density at radius 3 is 2.72 bits per heavy atom. The summed E-state index contributed by atoms with van der Waals surface area (Å²) in [7, 11) is 0. The second-order valence-corrected chi connectivity index (χ2v) is 12.8. The normalized spacial score (nSPS) is 25.0. The van der Waals surface area contributed by atoms with Crippen molar-refractivity contribution in [2.75, 3.05) is 38.5 Å². The topological polar surface area (TPSA) is 109 Å². The number of nitrogens with two attached hydrogens (primary N) is 1. The van der Waals surface area contributed by atoms with E-state index in [1.54, 1.807) is 6.07 Å². The molecule has 0 amide bonds. The van der Waals surface area contributed by atoms with Crippen LogP contribution in [0.25, 0.3) is 32.1 Å². The smallest absolute Gasteiger partial charge is 0.417 e. The first-order valence-corrected chi connectivity index (χ1v) is 15.3. The summed E-state index contributed by atoms with van der Waals surface area (Å²) in [4.78, 5) is 10.2. The van der Waals surface area contributed by atoms with Gasteiger partial charge in [-0.1, -0.05) is 6.07 Å². The quantitative estimate of drug-likeness (QED) is 0.245. The number of halogens is 7. The van der Waals surface area contributed by atoms with E-state index in [9.17, 15) is 31.6 Å². The summed E-state index contributed by atoms with van der Waals surface area (Å²) in [5.41, 5.74) is 1.37. The van der Waals surface area contributed by atoms with Gasteiger partial charge in [-0.05, 0) is 37.1 Å². The van der Waals surface area contributed by atoms with Crippen LogP contribution in [0.2, 0.25) is 0 Å². The molecule has 0 unspecified atom stereocenters. The van der Waals surface area contributed by atoms with Gasteiger partial charge in [0.2, 0.25) is 5.88 Å². The van der Waals surface area contributed by atoms with Gasteiger partial charge in [0.25, 0.3) is 0 Å². The highest BCUT2D eigenvalue weighted by molar-refractivity contribution is 7.23. The highest BCUT2D eigenvalue weighted by Crippen LogP contribution is 2.48. The van der Waals surface area contributed by atoms with Crippen LogP contribution in [0.4, 0.5) is 35.7 Å². The second-order valence-electron chi connectivity index (χ2n) is 11.8. The molecular formula is C30H25F7N6O2S. The minimum Gasteiger partial charge on any atom is -0.469 e. The van der Waals surface area contributed by atoms with Gasteiger partial charge in [0.15, 0.2) is 12.0 Å². The zero-order valence-electron chi connectivity index (χ0n) is 23.9. The maximum atomic E-state index is 16.7. The molecule has 5 heterocycles. The average Bonchev–Trinajstić information content (AvgIpc) is 3.74. The molecule has 46 heavy (non-hydrogen) atoms. The van der Waals surface area contributed by atoms with Crippen molar-refractivity contribution in [1.29, 1.82) is 5.26 Å². The molecule has 0 aliphatic carbocycles. The molecule has 2 aromatic carbocycles. The molecule has 3 aliphatic heterocycles. The van der Waals surface area contributed by atoms with Crippen molar-refractivity contribution in [1.82, 2.24) is 20.2 Å². The van der Waals surface area contributed by atoms with E-state index in [4.69, 9.17) is 15.2 Å². The number of alkyl halides is 5. The van der Waals surface area contributed by atoms with E-state index in [-0.39, 0.29) is 53.3 Å². The SMILES string of the molecule is N#Cc1c(N)sc2c(F)ccc(-c3c(C(F)(F)F)cc4c(O[C@H]5CNC[C@H]5F)nc(OC[C@@]56CCCN5C[C@H](F)C6)nc4c3F)c12. The number of thiophene rings is 1. The fourth-order valence-corrected chi connectivity index (χ4v) is 7.81. The van der Waals surface area contributed by atoms with Gasteiger partial charge in [0, 0.05) is 37.0 Å². The van der Waals surface area contributed by atoms with Crippen LogP contribution in [0.3, 0.4) is 0 Å². The molecule has 7 rings (SSSR count). The van der Waals surface area contributed by atoms with Crippen LogP contribution in [0, 0.1) is 23.0 Å². The average molecular weight is 667 g/mol. The maximum Gasteiger partial charge on any atom is 0.417 e. The summed E-state index contributed by atoms with van der Waals surface area (Å²) in [5.74, 6) is -2.87. The van der Waals surface area contributed by atoms with E-state index in [0.29, 0.717) is 30.4 Å². The molecule has 242 valence electrons. The van der Waals surface area contributed by atoms with Gasteiger partial charge in [0.1, 0.15) is 41.3 Å². The van der Waals surface area contributed by atoms with Crippen LogP contribution in [-0.4, -0.2) is 71.6 Å². The summed E-state index contributed by atoms with van der Waals surface area (Å²) >= 11 is 0.649. The van der Waals surface area contributed by atoms with Crippen LogP contribution in [0.1, 0.15) is 30.4 Å². The Hall–Kier alpha value is -3.94. The fourth-order valence-electron chi connectivity index (χ4n) is 6.86. The molecule has 0 saturated carbocycles. The number of anilines is 1. The van der Waals surface area contributed by atoms with Crippen molar-refractivity contribution in [3.63, 3.8) is 0 Å². The molecule has 3 fully saturated rings. The van der Waals surface area contributed by atoms with Gasteiger partial charge in [-0.3, -0.25) is 4.90 Å². The van der Waals surface area contributed by atoms with E-state index in [2.05, 4.69) is 15.3 Å². The van der Waals surface area contributed by atoms with Crippen molar-refractivity contribution < 1.29 is 40.2 Å². The summed E-state index contributed by atoms with van der Waals surface area (Å²) < 4.78 is 116. The van der Waals surface area contributed by atoms with Gasteiger partial charge >= 0.3 is 12.2 Å². The number of fused-ring (bicyclic) bond motifs is 3. The van der Waals surface area contributed by atoms with Crippen LogP contribution >= 0.6 is 11.3 Å². The summed E-state index contributed by atoms with van der Waals surface area (Å²) in [6, 6.07) is 3.71. The minimum absolute atomic E-state index is 0.00951. The highest BCUT2D eigenvalue weighted by Gasteiger charge is 2.49. The van der Waals surface area contributed by atoms with Crippen LogP contribution in [0.5, 0.6) is 11.9 Å². The predicted octanol–water partition coefficient (Wildman–Crippen LogP) is 5.91. The molecule has 8 nitrogen and oxygen atoms in total. The lowest BCUT2D eigenvalue weighted by molar-refractivity contribution is -0.137. The Balaban J connectivity index is 1.44. The summed E-state index contributed by atoms with van der Waals surface area (Å²) in [5, 5.41) is 11.6. The van der Waals surface area contributed by atoms with E-state index >= 15 is 4.39 Å². The van der Waals surface area contributed by atoms with Crippen LogP contribution in [0.15, 0.2) is 18.2 Å². The molecule has 4 atom stereocenters. The van der Waals surface area contributed by atoms with Crippen LogP contribution in [-0.2, 0) is 6.18 Å². The number of rotatable bonds is 6. The lowest BCUT2D eigenvalue weighted by atomic mass is 9.92. The first kappa shape index (κ1) is 30.7. The number of nitriles is 1. The van der Waals surface area contributed by atoms with Gasteiger partial charge in [0.05, 0.1) is 26.8 Å². The number of nitrogens with one attached hydrogen (secondary N) is 1. The zero-order valence-corrected chi connectivity index (χ0v) is 24.7. The molecule has 0 radical (unpaired) electrons. The number of nitrogens with zero attached hydrogens (tertiary/aromatic N) is 4. The third kappa shape index (κ3) is 4.96. The van der Waals surface area contributed by atoms with E-state index in [1.165, 1.54) is 0 Å². The summed E-state index contributed by atoms with van der Waals surface area (Å²) in [6.07, 6.45) is -7.31. The molecule has 3 saturated heterocycles. The molecule has 16 heteroatoms. The molecule has 0 spiro atoms. The third-order valence-electron chi connectivity index (χ3n) is 8.96. The van der Waals surface area contributed by atoms with Crippen molar-refractivity contribution in [3.05, 3.63) is 41.0 Å². The number of nitrogen functional groups attached to an aromatic ring is 1. The van der Waals surface area contributed by atoms with Gasteiger partial charge in [-0.25, -0.2) is 17.6 Å². The Morgan fingerprint density at radius 1 is 1.20 bits per heavy atom. The standard InChI is InChI=1S/C30H25F7N6O2S/c31-13-7-29(4-1-5-43(29)11-13)12-44-28-41-24-15(27(42-28)45-20-10-40-9-19(20)33)6-17(30(35,36)37)22(23(24)34)14-2-3-18(32)25-21(14)16(8-38)26(39)46-25/h2-3,6,13,19-20,40H,1,4-5,7,9-12,39H2/t13-,19-,20+,29+/m1/s1. The highest BCUT2D eigenvalue weighted by atomic mass is 32.1. The molecule has 4 aromatic rings. The Bertz CT molecular complexity index is 1910. The summed E-state index contributed by atoms with van der Waals surface area (Å²) in [6.45, 7) is 0.742. The monoisotopic (exact) mass is 666 g/mol. The number of aromatic nitrogens is 2. The molecule has 0 bridgehead atoms. The zero-order chi connectivity index (χ0) is 32.5. The Labute approximate surface area is 260 Å². The number of hydrogen-bond donors (Lipinski definition) is 2. The van der Waals surface area contributed by atoms with E-state index < -0.39 is 81.3 Å². The van der Waals surface area contributed by atoms with Gasteiger partial charge in [-0.15, -0.1) is 11.3 Å². The number of ether oxygens (including phenoxy) is 2.